The fourth-order valence-electron chi connectivity index (χ4n) is 1.61. The molecule has 0 atom stereocenters. The van der Waals surface area contributed by atoms with E-state index in [1.54, 1.807) is 12.1 Å². The average molecular weight is 252 g/mol. The molecule has 0 aliphatic heterocycles. The summed E-state index contributed by atoms with van der Waals surface area (Å²) in [4.78, 5) is 11.4. The van der Waals surface area contributed by atoms with Crippen LogP contribution < -0.4 is 10.6 Å². The van der Waals surface area contributed by atoms with Gasteiger partial charge in [0.1, 0.15) is 5.82 Å². The number of hydrogen-bond acceptors (Lipinski definition) is 2. The first kappa shape index (κ1) is 14.5. The van der Waals surface area contributed by atoms with Crippen molar-refractivity contribution in [2.24, 2.45) is 0 Å². The van der Waals surface area contributed by atoms with Crippen LogP contribution in [0.1, 0.15) is 32.6 Å². The Morgan fingerprint density at radius 2 is 2.11 bits per heavy atom. The summed E-state index contributed by atoms with van der Waals surface area (Å²) in [5.74, 6) is -0.237. The van der Waals surface area contributed by atoms with E-state index in [9.17, 15) is 9.18 Å². The summed E-state index contributed by atoms with van der Waals surface area (Å²) in [5, 5.41) is 5.88. The minimum absolute atomic E-state index is 0.0370. The maximum absolute atomic E-state index is 12.9. The predicted molar refractivity (Wildman–Crippen MR) is 72.0 cm³/mol. The van der Waals surface area contributed by atoms with Crippen LogP contribution in [0.15, 0.2) is 24.3 Å². The highest BCUT2D eigenvalue weighted by Gasteiger charge is 2.00. The van der Waals surface area contributed by atoms with Crippen LogP contribution >= 0.6 is 0 Å². The summed E-state index contributed by atoms with van der Waals surface area (Å²) in [6.45, 7) is 3.39. The first-order valence-electron chi connectivity index (χ1n) is 6.48. The molecule has 0 aliphatic rings. The van der Waals surface area contributed by atoms with Gasteiger partial charge in [0, 0.05) is 25.2 Å². The van der Waals surface area contributed by atoms with Crippen molar-refractivity contribution in [2.75, 3.05) is 18.4 Å². The number of rotatable bonds is 8. The largest absolute Gasteiger partial charge is 0.384 e. The molecule has 0 fully saturated rings. The van der Waals surface area contributed by atoms with Crippen LogP contribution in [-0.2, 0) is 4.79 Å². The van der Waals surface area contributed by atoms with Crippen molar-refractivity contribution in [2.45, 2.75) is 32.6 Å². The number of halogens is 1. The zero-order chi connectivity index (χ0) is 13.2. The van der Waals surface area contributed by atoms with Gasteiger partial charge in [-0.1, -0.05) is 25.8 Å². The van der Waals surface area contributed by atoms with Gasteiger partial charge < -0.3 is 10.6 Å². The molecule has 1 rings (SSSR count). The minimum Gasteiger partial charge on any atom is -0.384 e. The van der Waals surface area contributed by atoms with Gasteiger partial charge in [-0.15, -0.1) is 0 Å². The lowest BCUT2D eigenvalue weighted by Crippen LogP contribution is -2.26. The van der Waals surface area contributed by atoms with Crippen molar-refractivity contribution in [1.82, 2.24) is 5.32 Å². The molecule has 1 amide bonds. The highest BCUT2D eigenvalue weighted by Crippen LogP contribution is 2.08. The Labute approximate surface area is 108 Å². The molecule has 4 heteroatoms. The van der Waals surface area contributed by atoms with Gasteiger partial charge in [-0.05, 0) is 24.6 Å². The van der Waals surface area contributed by atoms with Crippen molar-refractivity contribution < 1.29 is 9.18 Å². The minimum atomic E-state index is -0.274. The number of carbonyl (C=O) groups excluding carboxylic acids is 1. The normalized spacial score (nSPS) is 10.1. The highest BCUT2D eigenvalue weighted by molar-refractivity contribution is 5.76. The number of nitrogens with one attached hydrogen (secondary N) is 2. The second-order valence-electron chi connectivity index (χ2n) is 4.24. The monoisotopic (exact) mass is 252 g/mol. The molecule has 3 nitrogen and oxygen atoms in total. The highest BCUT2D eigenvalue weighted by atomic mass is 19.1. The summed E-state index contributed by atoms with van der Waals surface area (Å²) >= 11 is 0. The molecule has 0 radical (unpaired) electrons. The third-order valence-electron chi connectivity index (χ3n) is 2.61. The van der Waals surface area contributed by atoms with Gasteiger partial charge in [0.15, 0.2) is 0 Å². The molecule has 1 aromatic rings. The number of benzene rings is 1. The van der Waals surface area contributed by atoms with Gasteiger partial charge in [0.05, 0.1) is 0 Å². The van der Waals surface area contributed by atoms with Gasteiger partial charge in [0.25, 0.3) is 0 Å². The maximum atomic E-state index is 12.9. The zero-order valence-electron chi connectivity index (χ0n) is 10.8. The van der Waals surface area contributed by atoms with E-state index in [0.717, 1.165) is 25.8 Å². The van der Waals surface area contributed by atoms with Crippen LogP contribution in [0.5, 0.6) is 0 Å². The molecule has 0 unspecified atom stereocenters. The lowest BCUT2D eigenvalue weighted by atomic mass is 10.2. The first-order chi connectivity index (χ1) is 8.72. The second-order valence-corrected chi connectivity index (χ2v) is 4.24. The van der Waals surface area contributed by atoms with Crippen LogP contribution in [0.3, 0.4) is 0 Å². The third kappa shape index (κ3) is 6.23. The Morgan fingerprint density at radius 1 is 1.28 bits per heavy atom. The number of anilines is 1. The van der Waals surface area contributed by atoms with Gasteiger partial charge in [0.2, 0.25) is 5.91 Å². The fraction of sp³-hybridized carbons (Fsp3) is 0.500. The molecular weight excluding hydrogens is 231 g/mol. The van der Waals surface area contributed by atoms with E-state index in [4.69, 9.17) is 0 Å². The lowest BCUT2D eigenvalue weighted by Gasteiger charge is -2.07. The molecule has 0 heterocycles. The van der Waals surface area contributed by atoms with E-state index < -0.39 is 0 Å². The Balaban J connectivity index is 2.12. The summed E-state index contributed by atoms with van der Waals surface area (Å²) < 4.78 is 12.9. The van der Waals surface area contributed by atoms with E-state index >= 15 is 0 Å². The van der Waals surface area contributed by atoms with Crippen LogP contribution in [0.25, 0.3) is 0 Å². The smallest absolute Gasteiger partial charge is 0.221 e. The number of hydrogen-bond donors (Lipinski definition) is 2. The molecular formula is C14H21FN2O. The second kappa shape index (κ2) is 8.50. The molecule has 0 saturated heterocycles. The Bertz CT molecular complexity index is 369. The van der Waals surface area contributed by atoms with E-state index in [1.807, 2.05) is 0 Å². The van der Waals surface area contributed by atoms with Gasteiger partial charge in [-0.2, -0.15) is 0 Å². The SMILES string of the molecule is CCCCCNC(=O)CCNc1cccc(F)c1. The van der Waals surface area contributed by atoms with Crippen LogP contribution in [0.4, 0.5) is 10.1 Å². The summed E-state index contributed by atoms with van der Waals surface area (Å²) in [7, 11) is 0. The summed E-state index contributed by atoms with van der Waals surface area (Å²) in [6, 6.07) is 6.23. The molecule has 0 aromatic heterocycles. The van der Waals surface area contributed by atoms with Crippen molar-refractivity contribution >= 4 is 11.6 Å². The lowest BCUT2D eigenvalue weighted by molar-refractivity contribution is -0.120. The third-order valence-corrected chi connectivity index (χ3v) is 2.61. The molecule has 1 aromatic carbocycles. The quantitative estimate of drug-likeness (QED) is 0.698. The molecule has 18 heavy (non-hydrogen) atoms. The molecule has 0 bridgehead atoms. The molecule has 0 saturated carbocycles. The van der Waals surface area contributed by atoms with Crippen molar-refractivity contribution in [1.29, 1.82) is 0 Å². The van der Waals surface area contributed by atoms with Crippen LogP contribution in [-0.4, -0.2) is 19.0 Å². The van der Waals surface area contributed by atoms with Crippen LogP contribution in [0.2, 0.25) is 0 Å². The topological polar surface area (TPSA) is 41.1 Å². The number of unbranched alkanes of at least 4 members (excludes halogenated alkanes) is 2. The van der Waals surface area contributed by atoms with E-state index in [0.29, 0.717) is 18.7 Å². The van der Waals surface area contributed by atoms with Gasteiger partial charge in [-0.3, -0.25) is 4.79 Å². The first-order valence-corrected chi connectivity index (χ1v) is 6.48. The Morgan fingerprint density at radius 3 is 2.83 bits per heavy atom. The molecule has 0 spiro atoms. The summed E-state index contributed by atoms with van der Waals surface area (Å²) in [6.07, 6.45) is 3.72. The standard InChI is InChI=1S/C14H21FN2O/c1-2-3-4-9-17-14(18)8-10-16-13-7-5-6-12(15)11-13/h5-7,11,16H,2-4,8-10H2,1H3,(H,17,18). The maximum Gasteiger partial charge on any atom is 0.221 e. The van der Waals surface area contributed by atoms with E-state index in [-0.39, 0.29) is 11.7 Å². The molecule has 2 N–H and O–H groups in total. The van der Waals surface area contributed by atoms with Crippen molar-refractivity contribution in [3.05, 3.63) is 30.1 Å². The number of amides is 1. The Hall–Kier alpha value is -1.58. The van der Waals surface area contributed by atoms with Crippen LogP contribution in [0, 0.1) is 5.82 Å². The summed E-state index contributed by atoms with van der Waals surface area (Å²) in [5.41, 5.74) is 0.703. The van der Waals surface area contributed by atoms with Crippen molar-refractivity contribution in [3.63, 3.8) is 0 Å². The van der Waals surface area contributed by atoms with E-state index in [1.165, 1.54) is 12.1 Å². The number of carbonyl (C=O) groups is 1. The zero-order valence-corrected chi connectivity index (χ0v) is 10.8. The molecule has 0 aliphatic carbocycles. The van der Waals surface area contributed by atoms with E-state index in [2.05, 4.69) is 17.6 Å². The average Bonchev–Trinajstić information content (AvgIpc) is 2.35. The fourth-order valence-corrected chi connectivity index (χ4v) is 1.61. The van der Waals surface area contributed by atoms with Gasteiger partial charge >= 0.3 is 0 Å². The molecule has 100 valence electrons. The van der Waals surface area contributed by atoms with Crippen molar-refractivity contribution in [3.8, 4) is 0 Å². The van der Waals surface area contributed by atoms with Gasteiger partial charge in [-0.25, -0.2) is 4.39 Å². The predicted octanol–water partition coefficient (Wildman–Crippen LogP) is 2.93. The Kier molecular flexibility index (Phi) is 6.84.